The standard InChI is InChI=1S/C6H8O4.K/c1-2-10-6(9)4-3-5(7)8;/h3-4H,2H2,1H3,(H,7,8);/q;+1/p-1. The van der Waals surface area contributed by atoms with E-state index in [0.717, 1.165) is 6.08 Å². The first-order valence-corrected chi connectivity index (χ1v) is 2.72. The van der Waals surface area contributed by atoms with E-state index in [1.807, 2.05) is 0 Å². The van der Waals surface area contributed by atoms with Crippen molar-refractivity contribution in [3.63, 3.8) is 0 Å². The molecule has 0 aromatic carbocycles. The molecule has 0 amide bonds. The number of esters is 1. The molecule has 0 N–H and O–H groups in total. The molecule has 0 aliphatic heterocycles. The van der Waals surface area contributed by atoms with Gasteiger partial charge in [-0.3, -0.25) is 0 Å². The van der Waals surface area contributed by atoms with Crippen LogP contribution in [0.1, 0.15) is 6.92 Å². The molecule has 0 spiro atoms. The summed E-state index contributed by atoms with van der Waals surface area (Å²) in [7, 11) is 0. The Balaban J connectivity index is 0. The number of ether oxygens (including phenoxy) is 1. The zero-order valence-electron chi connectivity index (χ0n) is 6.49. The molecule has 0 atom stereocenters. The molecule has 0 aromatic heterocycles. The van der Waals surface area contributed by atoms with Gasteiger partial charge >= 0.3 is 57.4 Å². The molecule has 0 bridgehead atoms. The van der Waals surface area contributed by atoms with E-state index in [-0.39, 0.29) is 58.0 Å². The van der Waals surface area contributed by atoms with Crippen LogP contribution >= 0.6 is 0 Å². The van der Waals surface area contributed by atoms with E-state index < -0.39 is 11.9 Å². The van der Waals surface area contributed by atoms with Gasteiger partial charge in [-0.25, -0.2) is 4.79 Å². The van der Waals surface area contributed by atoms with E-state index in [2.05, 4.69) is 4.74 Å². The van der Waals surface area contributed by atoms with Crippen LogP contribution in [-0.2, 0) is 14.3 Å². The molecule has 0 radical (unpaired) electrons. The van der Waals surface area contributed by atoms with Crippen LogP contribution in [0.25, 0.3) is 0 Å². The van der Waals surface area contributed by atoms with Crippen molar-refractivity contribution < 1.29 is 70.8 Å². The van der Waals surface area contributed by atoms with Crippen LogP contribution in [-0.4, -0.2) is 18.5 Å². The number of carbonyl (C=O) groups excluding carboxylic acids is 2. The molecule has 0 aromatic rings. The maximum Gasteiger partial charge on any atom is 1.00 e. The fourth-order valence-corrected chi connectivity index (χ4v) is 0.326. The smallest absolute Gasteiger partial charge is 0.545 e. The van der Waals surface area contributed by atoms with Gasteiger partial charge in [-0.15, -0.1) is 0 Å². The van der Waals surface area contributed by atoms with E-state index in [0.29, 0.717) is 6.08 Å². The number of carboxylic acids is 1. The van der Waals surface area contributed by atoms with Gasteiger partial charge in [0.25, 0.3) is 0 Å². The van der Waals surface area contributed by atoms with E-state index in [1.54, 1.807) is 6.92 Å². The van der Waals surface area contributed by atoms with Crippen molar-refractivity contribution >= 4 is 11.9 Å². The molecule has 0 saturated heterocycles. The average molecular weight is 182 g/mol. The Bertz CT molecular complexity index is 164. The number of carbonyl (C=O) groups is 2. The predicted molar refractivity (Wildman–Crippen MR) is 30.8 cm³/mol. The third kappa shape index (κ3) is 10.3. The van der Waals surface area contributed by atoms with Crippen molar-refractivity contribution in [2.24, 2.45) is 0 Å². The van der Waals surface area contributed by atoms with Crippen LogP contribution in [0.5, 0.6) is 0 Å². The number of hydrogen-bond acceptors (Lipinski definition) is 4. The molecular weight excluding hydrogens is 175 g/mol. The zero-order valence-corrected chi connectivity index (χ0v) is 9.62. The molecule has 0 rings (SSSR count). The Morgan fingerprint density at radius 1 is 1.45 bits per heavy atom. The van der Waals surface area contributed by atoms with Crippen molar-refractivity contribution in [3.05, 3.63) is 12.2 Å². The van der Waals surface area contributed by atoms with Crippen molar-refractivity contribution in [2.45, 2.75) is 6.92 Å². The molecule has 0 saturated carbocycles. The molecule has 0 aliphatic rings. The van der Waals surface area contributed by atoms with Crippen LogP contribution in [0.3, 0.4) is 0 Å². The first kappa shape index (κ1) is 13.9. The third-order valence-corrected chi connectivity index (χ3v) is 0.642. The maximum atomic E-state index is 10.3. The Morgan fingerprint density at radius 2 is 2.00 bits per heavy atom. The summed E-state index contributed by atoms with van der Waals surface area (Å²) < 4.78 is 4.38. The normalized spacial score (nSPS) is 8.82. The molecule has 0 aliphatic carbocycles. The summed E-state index contributed by atoms with van der Waals surface area (Å²) in [5.74, 6) is -2.08. The molecule has 4 nitrogen and oxygen atoms in total. The van der Waals surface area contributed by atoms with E-state index >= 15 is 0 Å². The summed E-state index contributed by atoms with van der Waals surface area (Å²) >= 11 is 0. The first-order chi connectivity index (χ1) is 4.66. The third-order valence-electron chi connectivity index (χ3n) is 0.642. The van der Waals surface area contributed by atoms with Gasteiger partial charge in [-0.2, -0.15) is 0 Å². The van der Waals surface area contributed by atoms with Gasteiger partial charge < -0.3 is 14.6 Å². The van der Waals surface area contributed by atoms with Crippen LogP contribution in [0.15, 0.2) is 12.2 Å². The summed E-state index contributed by atoms with van der Waals surface area (Å²) in [5, 5.41) is 9.70. The van der Waals surface area contributed by atoms with E-state index in [1.165, 1.54) is 0 Å². The predicted octanol–water partition coefficient (Wildman–Crippen LogP) is -4.14. The Kier molecular flexibility index (Phi) is 10.6. The molecule has 0 heterocycles. The molecule has 5 heteroatoms. The van der Waals surface area contributed by atoms with Crippen LogP contribution in [0.4, 0.5) is 0 Å². The summed E-state index contributed by atoms with van der Waals surface area (Å²) in [5.41, 5.74) is 0. The maximum absolute atomic E-state index is 10.3. The summed E-state index contributed by atoms with van der Waals surface area (Å²) in [6.45, 7) is 1.86. The molecular formula is C6H7KO4. The second kappa shape index (κ2) is 8.41. The minimum Gasteiger partial charge on any atom is -0.545 e. The molecule has 0 fully saturated rings. The summed E-state index contributed by atoms with van der Waals surface area (Å²) in [6, 6.07) is 0. The quantitative estimate of drug-likeness (QED) is 0.252. The van der Waals surface area contributed by atoms with E-state index in [4.69, 9.17) is 0 Å². The van der Waals surface area contributed by atoms with Crippen LogP contribution < -0.4 is 56.5 Å². The minimum atomic E-state index is -1.41. The van der Waals surface area contributed by atoms with Crippen molar-refractivity contribution in [2.75, 3.05) is 6.61 Å². The van der Waals surface area contributed by atoms with Gasteiger partial charge in [0.15, 0.2) is 0 Å². The van der Waals surface area contributed by atoms with Crippen molar-refractivity contribution in [1.29, 1.82) is 0 Å². The van der Waals surface area contributed by atoms with Crippen molar-refractivity contribution in [3.8, 4) is 0 Å². The van der Waals surface area contributed by atoms with Gasteiger partial charge in [-0.05, 0) is 13.0 Å². The summed E-state index contributed by atoms with van der Waals surface area (Å²) in [4.78, 5) is 20.0. The first-order valence-electron chi connectivity index (χ1n) is 2.72. The van der Waals surface area contributed by atoms with E-state index in [9.17, 15) is 14.7 Å². The Hall–Kier alpha value is 0.316. The molecule has 0 unspecified atom stereocenters. The van der Waals surface area contributed by atoms with Crippen molar-refractivity contribution in [1.82, 2.24) is 0 Å². The minimum absolute atomic E-state index is 0. The fraction of sp³-hybridized carbons (Fsp3) is 0.333. The average Bonchev–Trinajstić information content (AvgIpc) is 1.85. The number of hydrogen-bond donors (Lipinski definition) is 0. The Morgan fingerprint density at radius 3 is 2.36 bits per heavy atom. The van der Waals surface area contributed by atoms with Gasteiger partial charge in [0.2, 0.25) is 0 Å². The van der Waals surface area contributed by atoms with Gasteiger partial charge in [-0.1, -0.05) is 0 Å². The topological polar surface area (TPSA) is 66.4 Å². The zero-order chi connectivity index (χ0) is 7.98. The Labute approximate surface area is 107 Å². The number of rotatable bonds is 3. The number of carboxylic acid groups (broad SMARTS) is 1. The van der Waals surface area contributed by atoms with Crippen LogP contribution in [0.2, 0.25) is 0 Å². The van der Waals surface area contributed by atoms with Crippen LogP contribution in [0, 0.1) is 0 Å². The summed E-state index contributed by atoms with van der Waals surface area (Å²) in [6.07, 6.45) is 1.43. The van der Waals surface area contributed by atoms with Gasteiger partial charge in [0.1, 0.15) is 0 Å². The monoisotopic (exact) mass is 182 g/mol. The second-order valence-corrected chi connectivity index (χ2v) is 1.40. The SMILES string of the molecule is CCOC(=O)C=CC(=O)[O-].[K+]. The van der Waals surface area contributed by atoms with Gasteiger partial charge in [0, 0.05) is 6.08 Å². The molecule has 56 valence electrons. The fourth-order valence-electron chi connectivity index (χ4n) is 0.326. The largest absolute Gasteiger partial charge is 1.00 e. The number of aliphatic carboxylic acids is 1. The molecule has 11 heavy (non-hydrogen) atoms. The van der Waals surface area contributed by atoms with Gasteiger partial charge in [0.05, 0.1) is 12.6 Å². The second-order valence-electron chi connectivity index (χ2n) is 1.40.